The fourth-order valence-electron chi connectivity index (χ4n) is 2.70. The number of nitriles is 1. The molecule has 3 rings (SSSR count). The molecule has 0 aliphatic rings. The minimum absolute atomic E-state index is 0.0503. The van der Waals surface area contributed by atoms with Crippen LogP contribution in [0.4, 0.5) is 10.1 Å². The second kappa shape index (κ2) is 10.6. The number of anilines is 1. The normalized spacial score (nSPS) is 10.0. The summed E-state index contributed by atoms with van der Waals surface area (Å²) in [6.45, 7) is -0.259. The molecule has 0 saturated heterocycles. The van der Waals surface area contributed by atoms with Crippen LogP contribution >= 0.6 is 0 Å². The molecule has 162 valence electrons. The molecule has 0 atom stereocenters. The molecule has 1 amide bonds. The SMILES string of the molecule is COc1cc(C(=O)OCc2ccc(C#N)cc2)ccc1OCC(=O)Nc1ccc(F)cc1. The Kier molecular flexibility index (Phi) is 7.38. The van der Waals surface area contributed by atoms with Crippen molar-refractivity contribution in [3.63, 3.8) is 0 Å². The van der Waals surface area contributed by atoms with Gasteiger partial charge in [0.15, 0.2) is 18.1 Å². The molecule has 0 unspecified atom stereocenters. The van der Waals surface area contributed by atoms with Crippen molar-refractivity contribution in [2.45, 2.75) is 6.61 Å². The first-order valence-electron chi connectivity index (χ1n) is 9.51. The molecule has 3 aromatic carbocycles. The lowest BCUT2D eigenvalue weighted by Crippen LogP contribution is -2.20. The van der Waals surface area contributed by atoms with Gasteiger partial charge in [-0.3, -0.25) is 4.79 Å². The van der Waals surface area contributed by atoms with Crippen LogP contribution in [0.5, 0.6) is 11.5 Å². The lowest BCUT2D eigenvalue weighted by Gasteiger charge is -2.12. The number of benzene rings is 3. The van der Waals surface area contributed by atoms with E-state index >= 15 is 0 Å². The minimum atomic E-state index is -0.562. The van der Waals surface area contributed by atoms with Crippen LogP contribution in [-0.4, -0.2) is 25.6 Å². The van der Waals surface area contributed by atoms with Gasteiger partial charge in [0.05, 0.1) is 24.3 Å². The van der Waals surface area contributed by atoms with Crippen molar-refractivity contribution in [3.05, 3.63) is 89.2 Å². The van der Waals surface area contributed by atoms with Crippen LogP contribution in [-0.2, 0) is 16.1 Å². The van der Waals surface area contributed by atoms with Crippen molar-refractivity contribution in [1.82, 2.24) is 0 Å². The molecule has 32 heavy (non-hydrogen) atoms. The smallest absolute Gasteiger partial charge is 0.338 e. The number of carbonyl (C=O) groups is 2. The van der Waals surface area contributed by atoms with Gasteiger partial charge in [0.2, 0.25) is 0 Å². The summed E-state index contributed by atoms with van der Waals surface area (Å²) in [6, 6.07) is 18.5. The van der Waals surface area contributed by atoms with Crippen LogP contribution < -0.4 is 14.8 Å². The first-order valence-corrected chi connectivity index (χ1v) is 9.51. The molecule has 0 aliphatic carbocycles. The van der Waals surface area contributed by atoms with Gasteiger partial charge in [-0.1, -0.05) is 12.1 Å². The summed E-state index contributed by atoms with van der Waals surface area (Å²) in [5.74, 6) is -0.880. The van der Waals surface area contributed by atoms with Crippen molar-refractivity contribution in [3.8, 4) is 17.6 Å². The highest BCUT2D eigenvalue weighted by Crippen LogP contribution is 2.28. The van der Waals surface area contributed by atoms with Gasteiger partial charge in [0.25, 0.3) is 5.91 Å². The summed E-state index contributed by atoms with van der Waals surface area (Å²) in [5.41, 5.74) is 1.95. The van der Waals surface area contributed by atoms with Crippen LogP contribution in [0.25, 0.3) is 0 Å². The standard InChI is InChI=1S/C24H19FN2O5/c1-30-22-12-18(24(29)32-14-17-4-2-16(13-26)3-5-17)6-11-21(22)31-15-23(28)27-20-9-7-19(25)8-10-20/h2-12H,14-15H2,1H3,(H,27,28). The Hall–Kier alpha value is -4.38. The summed E-state index contributed by atoms with van der Waals surface area (Å²) in [4.78, 5) is 24.4. The largest absolute Gasteiger partial charge is 0.493 e. The van der Waals surface area contributed by atoms with E-state index in [1.807, 2.05) is 6.07 Å². The number of esters is 1. The van der Waals surface area contributed by atoms with Gasteiger partial charge in [-0.25, -0.2) is 9.18 Å². The molecule has 0 aromatic heterocycles. The fraction of sp³-hybridized carbons (Fsp3) is 0.125. The molecule has 1 N–H and O–H groups in total. The molecular formula is C24H19FN2O5. The van der Waals surface area contributed by atoms with E-state index in [9.17, 15) is 14.0 Å². The highest BCUT2D eigenvalue weighted by Gasteiger charge is 2.14. The highest BCUT2D eigenvalue weighted by molar-refractivity contribution is 5.92. The summed E-state index contributed by atoms with van der Waals surface area (Å²) in [6.07, 6.45) is 0. The third-order valence-electron chi connectivity index (χ3n) is 4.34. The van der Waals surface area contributed by atoms with Crippen LogP contribution in [0.2, 0.25) is 0 Å². The molecular weight excluding hydrogens is 415 g/mol. The van der Waals surface area contributed by atoms with Gasteiger partial charge < -0.3 is 19.5 Å². The Morgan fingerprint density at radius 1 is 1.00 bits per heavy atom. The van der Waals surface area contributed by atoms with E-state index < -0.39 is 17.7 Å². The number of nitrogens with one attached hydrogen (secondary N) is 1. The third-order valence-corrected chi connectivity index (χ3v) is 4.34. The molecule has 0 saturated carbocycles. The topological polar surface area (TPSA) is 97.7 Å². The zero-order valence-corrected chi connectivity index (χ0v) is 17.1. The van der Waals surface area contributed by atoms with Crippen molar-refractivity contribution < 1.29 is 28.2 Å². The zero-order chi connectivity index (χ0) is 22.9. The Labute approximate surface area is 184 Å². The van der Waals surface area contributed by atoms with Gasteiger partial charge in [0, 0.05) is 5.69 Å². The van der Waals surface area contributed by atoms with E-state index in [1.165, 1.54) is 49.6 Å². The molecule has 0 heterocycles. The highest BCUT2D eigenvalue weighted by atomic mass is 19.1. The van der Waals surface area contributed by atoms with Crippen molar-refractivity contribution >= 4 is 17.6 Å². The van der Waals surface area contributed by atoms with Crippen LogP contribution in [0, 0.1) is 17.1 Å². The van der Waals surface area contributed by atoms with E-state index in [2.05, 4.69) is 5.32 Å². The second-order valence-corrected chi connectivity index (χ2v) is 6.59. The number of amides is 1. The van der Waals surface area contributed by atoms with E-state index in [0.717, 1.165) is 5.56 Å². The second-order valence-electron chi connectivity index (χ2n) is 6.59. The minimum Gasteiger partial charge on any atom is -0.493 e. The maximum atomic E-state index is 12.9. The van der Waals surface area contributed by atoms with Gasteiger partial charge in [-0.15, -0.1) is 0 Å². The summed E-state index contributed by atoms with van der Waals surface area (Å²) < 4.78 is 29.0. The average Bonchev–Trinajstić information content (AvgIpc) is 2.82. The summed E-state index contributed by atoms with van der Waals surface area (Å²) in [7, 11) is 1.41. The Morgan fingerprint density at radius 3 is 2.38 bits per heavy atom. The summed E-state index contributed by atoms with van der Waals surface area (Å²) >= 11 is 0. The Balaban J connectivity index is 1.56. The van der Waals surface area contributed by atoms with Gasteiger partial charge in [-0.2, -0.15) is 5.26 Å². The van der Waals surface area contributed by atoms with E-state index in [0.29, 0.717) is 11.3 Å². The quantitative estimate of drug-likeness (QED) is 0.537. The molecule has 0 spiro atoms. The maximum Gasteiger partial charge on any atom is 0.338 e. The fourth-order valence-corrected chi connectivity index (χ4v) is 2.70. The van der Waals surface area contributed by atoms with E-state index in [-0.39, 0.29) is 30.3 Å². The predicted molar refractivity (Wildman–Crippen MR) is 114 cm³/mol. The number of methoxy groups -OCH3 is 1. The van der Waals surface area contributed by atoms with Crippen molar-refractivity contribution in [2.75, 3.05) is 19.0 Å². The molecule has 8 heteroatoms. The van der Waals surface area contributed by atoms with Gasteiger partial charge in [0.1, 0.15) is 12.4 Å². The monoisotopic (exact) mass is 434 g/mol. The number of halogens is 1. The van der Waals surface area contributed by atoms with Gasteiger partial charge in [-0.05, 0) is 60.2 Å². The lowest BCUT2D eigenvalue weighted by molar-refractivity contribution is -0.118. The molecule has 0 aliphatic heterocycles. The number of hydrogen-bond donors (Lipinski definition) is 1. The Morgan fingerprint density at radius 2 is 1.72 bits per heavy atom. The number of rotatable bonds is 8. The molecule has 0 radical (unpaired) electrons. The predicted octanol–water partition coefficient (Wildman–Crippen LogP) is 4.08. The van der Waals surface area contributed by atoms with Crippen molar-refractivity contribution in [1.29, 1.82) is 5.26 Å². The van der Waals surface area contributed by atoms with Crippen molar-refractivity contribution in [2.24, 2.45) is 0 Å². The summed E-state index contributed by atoms with van der Waals surface area (Å²) in [5, 5.41) is 11.4. The molecule has 3 aromatic rings. The maximum absolute atomic E-state index is 12.9. The third kappa shape index (κ3) is 6.06. The Bertz CT molecular complexity index is 1140. The number of nitrogens with zero attached hydrogens (tertiary/aromatic N) is 1. The number of carbonyl (C=O) groups excluding carboxylic acids is 2. The molecule has 0 fully saturated rings. The molecule has 0 bridgehead atoms. The first kappa shape index (κ1) is 22.3. The van der Waals surface area contributed by atoms with E-state index in [4.69, 9.17) is 19.5 Å². The van der Waals surface area contributed by atoms with Crippen LogP contribution in [0.15, 0.2) is 66.7 Å². The van der Waals surface area contributed by atoms with Crippen LogP contribution in [0.3, 0.4) is 0 Å². The zero-order valence-electron chi connectivity index (χ0n) is 17.1. The van der Waals surface area contributed by atoms with E-state index in [1.54, 1.807) is 24.3 Å². The number of ether oxygens (including phenoxy) is 3. The lowest BCUT2D eigenvalue weighted by atomic mass is 10.1. The number of hydrogen-bond acceptors (Lipinski definition) is 6. The molecule has 7 nitrogen and oxygen atoms in total. The average molecular weight is 434 g/mol. The van der Waals surface area contributed by atoms with Gasteiger partial charge >= 0.3 is 5.97 Å². The first-order chi connectivity index (χ1) is 15.5. The van der Waals surface area contributed by atoms with Crippen LogP contribution in [0.1, 0.15) is 21.5 Å².